The maximum Gasteiger partial charge on any atom is 0.586 e. The smallest absolute Gasteiger partial charge is 0.497 e. The number of rotatable bonds is 7. The van der Waals surface area contributed by atoms with Crippen molar-refractivity contribution >= 4 is 33.4 Å². The SMILES string of the molecule is CCN(C(=O)Cn1ncc2c(c1=O)c1ccccc1n2Cc1ccc(OC)cc1)c1ccc2c(c1)OC(F)(F)O2. The summed E-state index contributed by atoms with van der Waals surface area (Å²) in [6, 6.07) is 19.4. The number of hydrogen-bond acceptors (Lipinski definition) is 6. The predicted molar refractivity (Wildman–Crippen MR) is 144 cm³/mol. The molecular formula is C29H24F2N4O5. The highest BCUT2D eigenvalue weighted by Gasteiger charge is 2.43. The van der Waals surface area contributed by atoms with Crippen molar-refractivity contribution in [2.24, 2.45) is 0 Å². The Kier molecular flexibility index (Phi) is 6.13. The lowest BCUT2D eigenvalue weighted by Crippen LogP contribution is -2.37. The predicted octanol–water partition coefficient (Wildman–Crippen LogP) is 4.78. The lowest BCUT2D eigenvalue weighted by Gasteiger charge is -2.21. The van der Waals surface area contributed by atoms with Crippen LogP contribution in [0.25, 0.3) is 21.8 Å². The van der Waals surface area contributed by atoms with Gasteiger partial charge in [0.05, 0.1) is 24.2 Å². The van der Waals surface area contributed by atoms with Gasteiger partial charge in [-0.25, -0.2) is 4.68 Å². The molecule has 0 N–H and O–H groups in total. The maximum absolute atomic E-state index is 13.7. The largest absolute Gasteiger partial charge is 0.586 e. The van der Waals surface area contributed by atoms with E-state index in [9.17, 15) is 18.4 Å². The van der Waals surface area contributed by atoms with Crippen molar-refractivity contribution in [3.05, 3.63) is 88.8 Å². The van der Waals surface area contributed by atoms with E-state index in [0.29, 0.717) is 23.1 Å². The number of ether oxygens (including phenoxy) is 3. The molecule has 2 aromatic heterocycles. The van der Waals surface area contributed by atoms with Crippen LogP contribution in [0.4, 0.5) is 14.5 Å². The van der Waals surface area contributed by atoms with E-state index in [1.807, 2.05) is 53.1 Å². The Morgan fingerprint density at radius 1 is 1.02 bits per heavy atom. The minimum Gasteiger partial charge on any atom is -0.497 e. The van der Waals surface area contributed by atoms with Crippen LogP contribution in [0, 0.1) is 0 Å². The maximum atomic E-state index is 13.7. The monoisotopic (exact) mass is 546 g/mol. The first kappa shape index (κ1) is 25.4. The second-order valence-electron chi connectivity index (χ2n) is 9.26. The van der Waals surface area contributed by atoms with Gasteiger partial charge in [0.15, 0.2) is 11.5 Å². The number of hydrogen-bond donors (Lipinski definition) is 0. The number of carbonyl (C=O) groups excluding carboxylic acids is 1. The van der Waals surface area contributed by atoms with Gasteiger partial charge in [-0.15, -0.1) is 8.78 Å². The van der Waals surface area contributed by atoms with Gasteiger partial charge in [-0.3, -0.25) is 9.59 Å². The van der Waals surface area contributed by atoms with Gasteiger partial charge in [0.2, 0.25) is 5.91 Å². The van der Waals surface area contributed by atoms with E-state index >= 15 is 0 Å². The van der Waals surface area contributed by atoms with Crippen LogP contribution in [-0.2, 0) is 17.9 Å². The number of anilines is 1. The first-order valence-corrected chi connectivity index (χ1v) is 12.6. The molecule has 11 heteroatoms. The van der Waals surface area contributed by atoms with Crippen molar-refractivity contribution < 1.29 is 27.8 Å². The van der Waals surface area contributed by atoms with Crippen molar-refractivity contribution in [3.63, 3.8) is 0 Å². The van der Waals surface area contributed by atoms with Gasteiger partial charge in [-0.2, -0.15) is 5.10 Å². The highest BCUT2D eigenvalue weighted by Crippen LogP contribution is 2.42. The van der Waals surface area contributed by atoms with E-state index in [4.69, 9.17) is 4.74 Å². The third-order valence-electron chi connectivity index (χ3n) is 6.88. The molecule has 0 spiro atoms. The first-order valence-electron chi connectivity index (χ1n) is 12.6. The lowest BCUT2D eigenvalue weighted by molar-refractivity contribution is -0.286. The fourth-order valence-corrected chi connectivity index (χ4v) is 5.01. The van der Waals surface area contributed by atoms with Gasteiger partial charge in [-0.05, 0) is 42.8 Å². The standard InChI is InChI=1S/C29H24F2N4O5/c1-3-33(19-10-13-24-25(14-19)40-29(30,31)39-24)26(36)17-35-28(37)27-21-6-4-5-7-22(21)34(23(27)15-32-35)16-18-8-11-20(38-2)12-9-18/h4-15H,3,16-17H2,1-2H3. The Labute approximate surface area is 226 Å². The Bertz CT molecular complexity index is 1810. The summed E-state index contributed by atoms with van der Waals surface area (Å²) in [5.74, 6) is 0.0193. The van der Waals surface area contributed by atoms with Crippen LogP contribution in [0.1, 0.15) is 12.5 Å². The van der Waals surface area contributed by atoms with E-state index in [1.165, 1.54) is 23.1 Å². The zero-order chi connectivity index (χ0) is 28.0. The number of likely N-dealkylation sites (N-methyl/N-ethyl adjacent to an activating group) is 1. The summed E-state index contributed by atoms with van der Waals surface area (Å²) in [6.45, 7) is 2.13. The zero-order valence-corrected chi connectivity index (χ0v) is 21.6. The van der Waals surface area contributed by atoms with E-state index < -0.39 is 17.8 Å². The number of fused-ring (bicyclic) bond motifs is 4. The third kappa shape index (κ3) is 4.39. The molecule has 0 bridgehead atoms. The Balaban J connectivity index is 1.34. The quantitative estimate of drug-likeness (QED) is 0.292. The van der Waals surface area contributed by atoms with Crippen LogP contribution < -0.4 is 24.7 Å². The fraction of sp³-hybridized carbons (Fsp3) is 0.207. The average molecular weight is 547 g/mol. The molecule has 0 aliphatic carbocycles. The molecule has 1 aliphatic heterocycles. The van der Waals surface area contributed by atoms with Gasteiger partial charge in [-0.1, -0.05) is 30.3 Å². The van der Waals surface area contributed by atoms with Crippen molar-refractivity contribution in [1.82, 2.24) is 14.3 Å². The highest BCUT2D eigenvalue weighted by atomic mass is 19.3. The number of amides is 1. The Morgan fingerprint density at radius 3 is 2.52 bits per heavy atom. The molecule has 9 nitrogen and oxygen atoms in total. The topological polar surface area (TPSA) is 87.8 Å². The number of carbonyl (C=O) groups is 1. The van der Waals surface area contributed by atoms with E-state index in [-0.39, 0.29) is 24.6 Å². The molecule has 204 valence electrons. The number of methoxy groups -OCH3 is 1. The fourth-order valence-electron chi connectivity index (χ4n) is 5.01. The molecule has 0 unspecified atom stereocenters. The van der Waals surface area contributed by atoms with Gasteiger partial charge in [0.1, 0.15) is 12.3 Å². The van der Waals surface area contributed by atoms with Crippen LogP contribution >= 0.6 is 0 Å². The summed E-state index contributed by atoms with van der Waals surface area (Å²) in [5, 5.41) is 5.54. The van der Waals surface area contributed by atoms with Crippen LogP contribution in [0.5, 0.6) is 17.2 Å². The number of nitrogens with zero attached hydrogens (tertiary/aromatic N) is 4. The normalized spacial score (nSPS) is 13.6. The number of aromatic nitrogens is 3. The molecule has 0 atom stereocenters. The van der Waals surface area contributed by atoms with Crippen LogP contribution in [0.3, 0.4) is 0 Å². The molecular weight excluding hydrogens is 522 g/mol. The number of benzene rings is 3. The minimum absolute atomic E-state index is 0.119. The molecule has 40 heavy (non-hydrogen) atoms. The molecule has 5 aromatic rings. The van der Waals surface area contributed by atoms with Crippen LogP contribution in [0.2, 0.25) is 0 Å². The van der Waals surface area contributed by atoms with Crippen LogP contribution in [0.15, 0.2) is 77.7 Å². The lowest BCUT2D eigenvalue weighted by atomic mass is 10.2. The molecule has 1 amide bonds. The summed E-state index contributed by atoms with van der Waals surface area (Å²) in [7, 11) is 1.61. The van der Waals surface area contributed by atoms with E-state index in [2.05, 4.69) is 14.6 Å². The summed E-state index contributed by atoms with van der Waals surface area (Å²) in [6.07, 6.45) is -2.17. The van der Waals surface area contributed by atoms with Crippen molar-refractivity contribution in [2.75, 3.05) is 18.6 Å². The number of alkyl halides is 2. The molecule has 0 saturated heterocycles. The second kappa shape index (κ2) is 9.67. The van der Waals surface area contributed by atoms with Crippen molar-refractivity contribution in [1.29, 1.82) is 0 Å². The van der Waals surface area contributed by atoms with Crippen molar-refractivity contribution in [3.8, 4) is 17.2 Å². The van der Waals surface area contributed by atoms with Gasteiger partial charge in [0, 0.05) is 35.7 Å². The zero-order valence-electron chi connectivity index (χ0n) is 21.6. The van der Waals surface area contributed by atoms with Gasteiger partial charge < -0.3 is 23.7 Å². The van der Waals surface area contributed by atoms with E-state index in [0.717, 1.165) is 26.9 Å². The molecule has 6 rings (SSSR count). The first-order chi connectivity index (χ1) is 19.3. The molecule has 3 aromatic carbocycles. The number of halogens is 2. The molecule has 0 saturated carbocycles. The summed E-state index contributed by atoms with van der Waals surface area (Å²) < 4.78 is 44.3. The van der Waals surface area contributed by atoms with Crippen molar-refractivity contribution in [2.45, 2.75) is 26.3 Å². The Hall–Kier alpha value is -4.93. The van der Waals surface area contributed by atoms with Crippen LogP contribution in [-0.4, -0.2) is 40.2 Å². The second-order valence-corrected chi connectivity index (χ2v) is 9.26. The molecule has 0 radical (unpaired) electrons. The van der Waals surface area contributed by atoms with Gasteiger partial charge in [0.25, 0.3) is 5.56 Å². The average Bonchev–Trinajstić information content (AvgIpc) is 3.43. The number of para-hydroxylation sites is 1. The Morgan fingerprint density at radius 2 is 1.77 bits per heavy atom. The molecule has 0 fully saturated rings. The van der Waals surface area contributed by atoms with E-state index in [1.54, 1.807) is 20.2 Å². The summed E-state index contributed by atoms with van der Waals surface area (Å²) >= 11 is 0. The summed E-state index contributed by atoms with van der Waals surface area (Å²) in [5.41, 5.74) is 2.45. The highest BCUT2D eigenvalue weighted by molar-refractivity contribution is 6.07. The van der Waals surface area contributed by atoms with Gasteiger partial charge >= 0.3 is 6.29 Å². The molecule has 3 heterocycles. The summed E-state index contributed by atoms with van der Waals surface area (Å²) in [4.78, 5) is 28.4. The molecule has 1 aliphatic rings. The third-order valence-corrected chi connectivity index (χ3v) is 6.88. The minimum atomic E-state index is -3.76.